The summed E-state index contributed by atoms with van der Waals surface area (Å²) >= 11 is 3.11. The van der Waals surface area contributed by atoms with Gasteiger partial charge >= 0.3 is 6.18 Å². The molecule has 0 amide bonds. The molecular weight excluding hydrogens is 349 g/mol. The predicted molar refractivity (Wildman–Crippen MR) is 69.0 cm³/mol. The van der Waals surface area contributed by atoms with Crippen molar-refractivity contribution >= 4 is 31.6 Å². The molecule has 0 fully saturated rings. The Hall–Kier alpha value is -0.800. The molecule has 0 saturated carbocycles. The summed E-state index contributed by atoms with van der Waals surface area (Å²) in [4.78, 5) is -0.141. The fourth-order valence-electron chi connectivity index (χ4n) is 1.27. The molecule has 2 N–H and O–H groups in total. The zero-order valence-corrected chi connectivity index (χ0v) is 12.3. The van der Waals surface area contributed by atoms with Crippen molar-refractivity contribution in [1.29, 1.82) is 0 Å². The van der Waals surface area contributed by atoms with E-state index in [9.17, 15) is 21.6 Å². The lowest BCUT2D eigenvalue weighted by atomic mass is 10.3. The minimum atomic E-state index is -4.40. The van der Waals surface area contributed by atoms with Crippen molar-refractivity contribution in [3.8, 4) is 0 Å². The largest absolute Gasteiger partial charge is 0.398 e. The zero-order valence-electron chi connectivity index (χ0n) is 9.91. The number of rotatable bonds is 4. The van der Waals surface area contributed by atoms with Gasteiger partial charge in [-0.2, -0.15) is 13.2 Å². The van der Waals surface area contributed by atoms with Gasteiger partial charge in [-0.05, 0) is 34.1 Å². The highest BCUT2D eigenvalue weighted by Gasteiger charge is 2.30. The Morgan fingerprint density at radius 1 is 1.37 bits per heavy atom. The SMILES string of the molecule is CN(CCC(F)(F)F)S(=O)(=O)c1ccc(Br)c(N)c1. The van der Waals surface area contributed by atoms with E-state index in [0.29, 0.717) is 8.78 Å². The molecule has 0 spiro atoms. The van der Waals surface area contributed by atoms with E-state index in [2.05, 4.69) is 15.9 Å². The Labute approximate surface area is 117 Å². The summed E-state index contributed by atoms with van der Waals surface area (Å²) < 4.78 is 61.4. The lowest BCUT2D eigenvalue weighted by Gasteiger charge is -2.18. The molecule has 0 atom stereocenters. The first-order chi connectivity index (χ1) is 8.54. The molecule has 1 aromatic rings. The van der Waals surface area contributed by atoms with Crippen LogP contribution in [0.15, 0.2) is 27.6 Å². The highest BCUT2D eigenvalue weighted by atomic mass is 79.9. The van der Waals surface area contributed by atoms with Gasteiger partial charge in [-0.15, -0.1) is 0 Å². The average molecular weight is 361 g/mol. The van der Waals surface area contributed by atoms with Gasteiger partial charge in [0, 0.05) is 23.8 Å². The summed E-state index contributed by atoms with van der Waals surface area (Å²) in [5.41, 5.74) is 5.75. The fraction of sp³-hybridized carbons (Fsp3) is 0.400. The molecule has 0 aromatic heterocycles. The molecule has 0 saturated heterocycles. The number of hydrogen-bond donors (Lipinski definition) is 1. The van der Waals surface area contributed by atoms with E-state index >= 15 is 0 Å². The Kier molecular flexibility index (Phi) is 4.86. The third-order valence-corrected chi connectivity index (χ3v) is 4.96. The van der Waals surface area contributed by atoms with Crippen LogP contribution in [0.3, 0.4) is 0 Å². The number of benzene rings is 1. The van der Waals surface area contributed by atoms with E-state index in [0.717, 1.165) is 7.05 Å². The highest BCUT2D eigenvalue weighted by molar-refractivity contribution is 9.10. The molecule has 0 bridgehead atoms. The molecule has 0 aliphatic carbocycles. The van der Waals surface area contributed by atoms with Crippen molar-refractivity contribution < 1.29 is 21.6 Å². The van der Waals surface area contributed by atoms with Gasteiger partial charge < -0.3 is 5.73 Å². The van der Waals surface area contributed by atoms with Gasteiger partial charge in [-0.1, -0.05) is 0 Å². The molecule has 0 unspecified atom stereocenters. The molecule has 0 radical (unpaired) electrons. The topological polar surface area (TPSA) is 63.4 Å². The molecule has 0 aliphatic heterocycles. The molecule has 1 aromatic carbocycles. The Bertz CT molecular complexity index is 560. The lowest BCUT2D eigenvalue weighted by molar-refractivity contribution is -0.135. The monoisotopic (exact) mass is 360 g/mol. The first-order valence-corrected chi connectivity index (χ1v) is 7.35. The summed E-state index contributed by atoms with van der Waals surface area (Å²) in [5, 5.41) is 0. The molecular formula is C10H12BrF3N2O2S. The average Bonchev–Trinajstić information content (AvgIpc) is 2.28. The zero-order chi connectivity index (χ0) is 14.8. The number of nitrogens with two attached hydrogens (primary N) is 1. The van der Waals surface area contributed by atoms with Crippen molar-refractivity contribution in [2.45, 2.75) is 17.5 Å². The first kappa shape index (κ1) is 16.3. The van der Waals surface area contributed by atoms with Gasteiger partial charge in [0.25, 0.3) is 0 Å². The van der Waals surface area contributed by atoms with Gasteiger partial charge in [0.05, 0.1) is 11.3 Å². The maximum Gasteiger partial charge on any atom is 0.390 e. The van der Waals surface area contributed by atoms with Gasteiger partial charge in [-0.3, -0.25) is 0 Å². The highest BCUT2D eigenvalue weighted by Crippen LogP contribution is 2.26. The van der Waals surface area contributed by atoms with Gasteiger partial charge in [0.1, 0.15) is 0 Å². The smallest absolute Gasteiger partial charge is 0.390 e. The van der Waals surface area contributed by atoms with E-state index in [1.807, 2.05) is 0 Å². The second kappa shape index (κ2) is 5.68. The number of sulfonamides is 1. The summed E-state index contributed by atoms with van der Waals surface area (Å²) in [5.74, 6) is 0. The quantitative estimate of drug-likeness (QED) is 0.839. The Morgan fingerprint density at radius 3 is 2.42 bits per heavy atom. The van der Waals surface area contributed by atoms with Crippen LogP contribution in [0.25, 0.3) is 0 Å². The van der Waals surface area contributed by atoms with E-state index < -0.39 is 29.2 Å². The number of nitrogen functional groups attached to an aromatic ring is 1. The summed E-state index contributed by atoms with van der Waals surface area (Å²) in [6.07, 6.45) is -5.60. The Morgan fingerprint density at radius 2 is 1.95 bits per heavy atom. The van der Waals surface area contributed by atoms with E-state index in [1.165, 1.54) is 18.2 Å². The van der Waals surface area contributed by atoms with Gasteiger partial charge in [0.2, 0.25) is 10.0 Å². The molecule has 19 heavy (non-hydrogen) atoms. The lowest BCUT2D eigenvalue weighted by Crippen LogP contribution is -2.30. The van der Waals surface area contributed by atoms with E-state index in [1.54, 1.807) is 0 Å². The maximum atomic E-state index is 12.1. The van der Waals surface area contributed by atoms with Crippen molar-refractivity contribution in [3.05, 3.63) is 22.7 Å². The van der Waals surface area contributed by atoms with Crippen LogP contribution < -0.4 is 5.73 Å². The number of hydrogen-bond acceptors (Lipinski definition) is 3. The number of halogens is 4. The maximum absolute atomic E-state index is 12.1. The van der Waals surface area contributed by atoms with Crippen molar-refractivity contribution in [2.24, 2.45) is 0 Å². The molecule has 1 rings (SSSR count). The van der Waals surface area contributed by atoms with Crippen LogP contribution in [-0.4, -0.2) is 32.5 Å². The number of nitrogens with zero attached hydrogens (tertiary/aromatic N) is 1. The third kappa shape index (κ3) is 4.36. The fourth-order valence-corrected chi connectivity index (χ4v) is 2.72. The minimum Gasteiger partial charge on any atom is -0.398 e. The van der Waals surface area contributed by atoms with Crippen LogP contribution in [0.2, 0.25) is 0 Å². The second-order valence-electron chi connectivity index (χ2n) is 3.88. The number of anilines is 1. The van der Waals surface area contributed by atoms with Crippen LogP contribution in [0.5, 0.6) is 0 Å². The van der Waals surface area contributed by atoms with Crippen LogP contribution in [0.4, 0.5) is 18.9 Å². The van der Waals surface area contributed by atoms with E-state index in [4.69, 9.17) is 5.73 Å². The molecule has 108 valence electrons. The van der Waals surface area contributed by atoms with Crippen LogP contribution in [-0.2, 0) is 10.0 Å². The predicted octanol–water partition coefficient (Wildman–Crippen LogP) is 2.60. The van der Waals surface area contributed by atoms with Crippen molar-refractivity contribution in [1.82, 2.24) is 4.31 Å². The van der Waals surface area contributed by atoms with Gasteiger partial charge in [-0.25, -0.2) is 12.7 Å². The van der Waals surface area contributed by atoms with E-state index in [-0.39, 0.29) is 10.6 Å². The third-order valence-electron chi connectivity index (χ3n) is 2.39. The summed E-state index contributed by atoms with van der Waals surface area (Å²) in [6, 6.07) is 3.91. The summed E-state index contributed by atoms with van der Waals surface area (Å²) in [6.45, 7) is -0.637. The normalized spacial score (nSPS) is 12.9. The standard InChI is InChI=1S/C10H12BrF3N2O2S/c1-16(5-4-10(12,13)14)19(17,18)7-2-3-8(11)9(15)6-7/h2-3,6H,4-5,15H2,1H3. The molecule has 4 nitrogen and oxygen atoms in total. The van der Waals surface area contributed by atoms with Crippen LogP contribution >= 0.6 is 15.9 Å². The van der Waals surface area contributed by atoms with Crippen molar-refractivity contribution in [2.75, 3.05) is 19.3 Å². The molecule has 0 heterocycles. The summed E-state index contributed by atoms with van der Waals surface area (Å²) in [7, 11) is -2.87. The van der Waals surface area contributed by atoms with Crippen LogP contribution in [0, 0.1) is 0 Å². The van der Waals surface area contributed by atoms with Gasteiger partial charge in [0.15, 0.2) is 0 Å². The minimum absolute atomic E-state index is 0.141. The molecule has 9 heteroatoms. The number of alkyl halides is 3. The van der Waals surface area contributed by atoms with Crippen LogP contribution in [0.1, 0.15) is 6.42 Å². The van der Waals surface area contributed by atoms with Crippen molar-refractivity contribution in [3.63, 3.8) is 0 Å². The second-order valence-corrected chi connectivity index (χ2v) is 6.77. The molecule has 0 aliphatic rings. The first-order valence-electron chi connectivity index (χ1n) is 5.12. The Balaban J connectivity index is 2.94.